The minimum Gasteiger partial charge on any atom is -0.335 e. The second-order valence-electron chi connectivity index (χ2n) is 7.24. The highest BCUT2D eigenvalue weighted by molar-refractivity contribution is 7.89. The molecule has 1 aliphatic heterocycles. The highest BCUT2D eigenvalue weighted by atomic mass is 35.5. The Morgan fingerprint density at radius 3 is 2.22 bits per heavy atom. The van der Waals surface area contributed by atoms with Crippen LogP contribution in [0.3, 0.4) is 0 Å². The van der Waals surface area contributed by atoms with Crippen LogP contribution < -0.4 is 0 Å². The minimum atomic E-state index is -4.55. The van der Waals surface area contributed by atoms with Gasteiger partial charge in [0.25, 0.3) is 5.91 Å². The summed E-state index contributed by atoms with van der Waals surface area (Å²) >= 11 is 6.20. The van der Waals surface area contributed by atoms with Crippen LogP contribution in [-0.2, 0) is 16.2 Å². The molecule has 1 aromatic heterocycles. The fourth-order valence-electron chi connectivity index (χ4n) is 3.52. The van der Waals surface area contributed by atoms with Crippen molar-refractivity contribution in [2.45, 2.75) is 11.1 Å². The molecule has 168 valence electrons. The van der Waals surface area contributed by atoms with Crippen molar-refractivity contribution in [3.63, 3.8) is 0 Å². The van der Waals surface area contributed by atoms with Gasteiger partial charge in [-0.2, -0.15) is 17.5 Å². The van der Waals surface area contributed by atoms with Crippen molar-refractivity contribution >= 4 is 38.3 Å². The molecular weight excluding hydrogens is 467 g/mol. The lowest BCUT2D eigenvalue weighted by Crippen LogP contribution is -2.50. The molecule has 32 heavy (non-hydrogen) atoms. The molecule has 0 spiro atoms. The van der Waals surface area contributed by atoms with Gasteiger partial charge < -0.3 is 4.90 Å². The largest absolute Gasteiger partial charge is 0.416 e. The first kappa shape index (κ1) is 22.5. The van der Waals surface area contributed by atoms with Crippen LogP contribution in [0.25, 0.3) is 10.8 Å². The Morgan fingerprint density at radius 2 is 1.59 bits per heavy atom. The average Bonchev–Trinajstić information content (AvgIpc) is 2.78. The van der Waals surface area contributed by atoms with Gasteiger partial charge in [0.05, 0.1) is 10.5 Å². The number of carbonyl (C=O) groups is 1. The minimum absolute atomic E-state index is 0.0103. The lowest BCUT2D eigenvalue weighted by Gasteiger charge is -2.34. The van der Waals surface area contributed by atoms with Crippen LogP contribution >= 0.6 is 11.6 Å². The third-order valence-electron chi connectivity index (χ3n) is 5.26. The number of rotatable bonds is 3. The van der Waals surface area contributed by atoms with Crippen molar-refractivity contribution in [2.24, 2.45) is 0 Å². The van der Waals surface area contributed by atoms with E-state index in [4.69, 9.17) is 11.6 Å². The number of carbonyl (C=O) groups excluding carboxylic acids is 1. The van der Waals surface area contributed by atoms with Crippen molar-refractivity contribution in [1.82, 2.24) is 14.2 Å². The topological polar surface area (TPSA) is 70.6 Å². The summed E-state index contributed by atoms with van der Waals surface area (Å²) in [5, 5.41) is 1.69. The molecule has 0 saturated carbocycles. The molecule has 1 saturated heterocycles. The highest BCUT2D eigenvalue weighted by Gasteiger charge is 2.33. The zero-order valence-corrected chi connectivity index (χ0v) is 18.1. The van der Waals surface area contributed by atoms with E-state index >= 15 is 0 Å². The number of piperazine rings is 1. The molecule has 4 rings (SSSR count). The molecule has 0 unspecified atom stereocenters. The number of benzene rings is 2. The van der Waals surface area contributed by atoms with Crippen LogP contribution in [0.15, 0.2) is 59.5 Å². The molecule has 0 bridgehead atoms. The van der Waals surface area contributed by atoms with Crippen molar-refractivity contribution < 1.29 is 26.4 Å². The molecule has 1 fully saturated rings. The van der Waals surface area contributed by atoms with Crippen molar-refractivity contribution in [3.05, 3.63) is 71.0 Å². The number of fused-ring (bicyclic) bond motifs is 1. The Kier molecular flexibility index (Phi) is 5.87. The smallest absolute Gasteiger partial charge is 0.335 e. The van der Waals surface area contributed by atoms with Gasteiger partial charge in [0, 0.05) is 31.6 Å². The molecule has 0 radical (unpaired) electrons. The summed E-state index contributed by atoms with van der Waals surface area (Å²) in [5.74, 6) is -0.371. The first-order valence-corrected chi connectivity index (χ1v) is 11.4. The van der Waals surface area contributed by atoms with Crippen molar-refractivity contribution in [1.29, 1.82) is 0 Å². The molecule has 0 N–H and O–H groups in total. The number of pyridine rings is 1. The quantitative estimate of drug-likeness (QED) is 0.527. The van der Waals surface area contributed by atoms with Gasteiger partial charge >= 0.3 is 6.18 Å². The van der Waals surface area contributed by atoms with E-state index in [9.17, 15) is 26.4 Å². The summed E-state index contributed by atoms with van der Waals surface area (Å²) in [5.41, 5.74) is -0.763. The Bertz CT molecular complexity index is 1270. The normalized spacial score (nSPS) is 15.8. The molecule has 0 aliphatic carbocycles. The Labute approximate surface area is 187 Å². The summed E-state index contributed by atoms with van der Waals surface area (Å²) < 4.78 is 64.9. The second-order valence-corrected chi connectivity index (χ2v) is 9.53. The lowest BCUT2D eigenvalue weighted by atomic mass is 10.1. The molecule has 3 aromatic rings. The standard InChI is InChI=1S/C21H17ClF3N3O3S/c22-19-17-4-2-1-3-14(17)13-18(26-19)20(29)27-9-11-28(12-10-27)32(30,31)16-7-5-15(6-8-16)21(23,24)25/h1-8,13H,9-12H2. The van der Waals surface area contributed by atoms with Crippen LogP contribution in [0.4, 0.5) is 13.2 Å². The second kappa shape index (κ2) is 8.34. The number of nitrogens with zero attached hydrogens (tertiary/aromatic N) is 3. The average molecular weight is 484 g/mol. The number of amides is 1. The van der Waals surface area contributed by atoms with Gasteiger partial charge in [-0.05, 0) is 35.7 Å². The Balaban J connectivity index is 1.47. The van der Waals surface area contributed by atoms with Gasteiger partial charge in [0.1, 0.15) is 10.8 Å². The summed E-state index contributed by atoms with van der Waals surface area (Å²) in [6, 6.07) is 12.2. The third kappa shape index (κ3) is 4.30. The van der Waals surface area contributed by atoms with E-state index in [0.717, 1.165) is 39.3 Å². The number of hydrogen-bond acceptors (Lipinski definition) is 4. The summed E-state index contributed by atoms with van der Waals surface area (Å²) in [7, 11) is -3.98. The van der Waals surface area contributed by atoms with Gasteiger partial charge in [-0.1, -0.05) is 35.9 Å². The van der Waals surface area contributed by atoms with Crippen LogP contribution in [0.5, 0.6) is 0 Å². The van der Waals surface area contributed by atoms with Crippen LogP contribution in [0, 0.1) is 0 Å². The van der Waals surface area contributed by atoms with Gasteiger partial charge in [0.2, 0.25) is 10.0 Å². The Hall–Kier alpha value is -2.69. The molecule has 0 atom stereocenters. The van der Waals surface area contributed by atoms with E-state index in [1.54, 1.807) is 12.1 Å². The third-order valence-corrected chi connectivity index (χ3v) is 7.46. The van der Waals surface area contributed by atoms with Crippen molar-refractivity contribution in [3.8, 4) is 0 Å². The molecule has 2 heterocycles. The fourth-order valence-corrected chi connectivity index (χ4v) is 5.21. The van der Waals surface area contributed by atoms with Gasteiger partial charge in [0.15, 0.2) is 0 Å². The molecule has 2 aromatic carbocycles. The van der Waals surface area contributed by atoms with E-state index in [1.807, 2.05) is 18.2 Å². The zero-order chi connectivity index (χ0) is 23.1. The SMILES string of the molecule is O=C(c1cc2ccccc2c(Cl)n1)N1CCN(S(=O)(=O)c2ccc(C(F)(F)F)cc2)CC1. The van der Waals surface area contributed by atoms with Crippen LogP contribution in [0.2, 0.25) is 5.15 Å². The van der Waals surface area contributed by atoms with E-state index in [0.29, 0.717) is 0 Å². The van der Waals surface area contributed by atoms with E-state index in [2.05, 4.69) is 4.98 Å². The summed E-state index contributed by atoms with van der Waals surface area (Å²) in [4.78, 5) is 18.3. The molecule has 6 nitrogen and oxygen atoms in total. The fraction of sp³-hybridized carbons (Fsp3) is 0.238. The zero-order valence-electron chi connectivity index (χ0n) is 16.5. The first-order valence-electron chi connectivity index (χ1n) is 9.59. The maximum atomic E-state index is 12.9. The predicted molar refractivity (Wildman–Crippen MR) is 113 cm³/mol. The van der Waals surface area contributed by atoms with E-state index < -0.39 is 21.8 Å². The number of halogens is 4. The number of sulfonamides is 1. The Morgan fingerprint density at radius 1 is 0.969 bits per heavy atom. The molecule has 1 amide bonds. The number of aromatic nitrogens is 1. The lowest BCUT2D eigenvalue weighted by molar-refractivity contribution is -0.137. The van der Waals surface area contributed by atoms with E-state index in [1.165, 1.54) is 4.90 Å². The van der Waals surface area contributed by atoms with Crippen LogP contribution in [-0.4, -0.2) is 54.7 Å². The predicted octanol–water partition coefficient (Wildman–Crippen LogP) is 4.05. The number of alkyl halides is 3. The maximum absolute atomic E-state index is 12.9. The highest BCUT2D eigenvalue weighted by Crippen LogP contribution is 2.30. The number of hydrogen-bond donors (Lipinski definition) is 0. The van der Waals surface area contributed by atoms with Crippen molar-refractivity contribution in [2.75, 3.05) is 26.2 Å². The molecule has 1 aliphatic rings. The summed E-state index contributed by atoms with van der Waals surface area (Å²) in [6.07, 6.45) is -4.55. The monoisotopic (exact) mass is 483 g/mol. The van der Waals surface area contributed by atoms with Crippen LogP contribution in [0.1, 0.15) is 16.1 Å². The van der Waals surface area contributed by atoms with Gasteiger partial charge in [-0.15, -0.1) is 0 Å². The molecule has 11 heteroatoms. The van der Waals surface area contributed by atoms with Gasteiger partial charge in [-0.3, -0.25) is 4.79 Å². The molecular formula is C21H17ClF3N3O3S. The summed E-state index contributed by atoms with van der Waals surface area (Å²) in [6.45, 7) is 0.252. The van der Waals surface area contributed by atoms with Gasteiger partial charge in [-0.25, -0.2) is 13.4 Å². The van der Waals surface area contributed by atoms with E-state index in [-0.39, 0.29) is 47.8 Å². The maximum Gasteiger partial charge on any atom is 0.416 e. The first-order chi connectivity index (χ1) is 15.1.